The molecule has 0 aliphatic carbocycles. The molecule has 0 aromatic rings. The molecule has 0 N–H and O–H groups in total. The summed E-state index contributed by atoms with van der Waals surface area (Å²) in [7, 11) is 3.86. The van der Waals surface area contributed by atoms with Gasteiger partial charge in [-0.1, -0.05) is 157 Å². The first-order valence-electron chi connectivity index (χ1n) is 30.0. The van der Waals surface area contributed by atoms with Crippen molar-refractivity contribution in [1.82, 2.24) is 4.90 Å². The topological polar surface area (TPSA) is 187 Å². The minimum atomic E-state index is -1.72. The van der Waals surface area contributed by atoms with E-state index >= 15 is 0 Å². The largest absolute Gasteiger partial charge is 0.465 e. The Labute approximate surface area is 455 Å². The summed E-state index contributed by atoms with van der Waals surface area (Å²) < 4.78 is 40.3. The van der Waals surface area contributed by atoms with Gasteiger partial charge in [-0.05, 0) is 111 Å². The fourth-order valence-corrected chi connectivity index (χ4v) is 8.72. The molecule has 15 nitrogen and oxygen atoms in total. The summed E-state index contributed by atoms with van der Waals surface area (Å²) in [5.41, 5.74) is -1.72. The quantitative estimate of drug-likeness (QED) is 0.0242. The highest BCUT2D eigenvalue weighted by molar-refractivity contribution is 5.92. The zero-order valence-corrected chi connectivity index (χ0v) is 48.9. The van der Waals surface area contributed by atoms with Gasteiger partial charge in [0, 0.05) is 6.42 Å². The van der Waals surface area contributed by atoms with Crippen molar-refractivity contribution < 1.29 is 66.7 Å². The maximum atomic E-state index is 13.5. The summed E-state index contributed by atoms with van der Waals surface area (Å²) in [5, 5.41) is 0. The van der Waals surface area contributed by atoms with Gasteiger partial charge in [0.05, 0.1) is 0 Å². The number of carbonyl (C=O) groups excluding carboxylic acids is 7. The number of hydrogen-bond donors (Lipinski definition) is 0. The number of carbonyl (C=O) groups is 7. The smallest absolute Gasteiger partial charge is 0.317 e. The molecule has 0 unspecified atom stereocenters. The van der Waals surface area contributed by atoms with Crippen LogP contribution in [0, 0.1) is 5.41 Å². The molecular formula is C60H109NO14. The average molecular weight is 1070 g/mol. The predicted molar refractivity (Wildman–Crippen MR) is 295 cm³/mol. The minimum absolute atomic E-state index is 0.0565. The van der Waals surface area contributed by atoms with Gasteiger partial charge in [-0.15, -0.1) is 0 Å². The van der Waals surface area contributed by atoms with Crippen LogP contribution < -0.4 is 0 Å². The molecule has 0 rings (SSSR count). The van der Waals surface area contributed by atoms with Crippen LogP contribution in [0.5, 0.6) is 0 Å². The van der Waals surface area contributed by atoms with Gasteiger partial charge >= 0.3 is 41.8 Å². The van der Waals surface area contributed by atoms with Crippen molar-refractivity contribution in [2.24, 2.45) is 5.41 Å². The normalized spacial score (nSPS) is 11.6. The molecule has 75 heavy (non-hydrogen) atoms. The first kappa shape index (κ1) is 71.2. The fraction of sp³-hybridized carbons (Fsp3) is 0.883. The van der Waals surface area contributed by atoms with E-state index in [0.29, 0.717) is 44.9 Å². The Morgan fingerprint density at radius 1 is 0.320 bits per heavy atom. The maximum absolute atomic E-state index is 13.5. The average Bonchev–Trinajstić information content (AvgIpc) is 3.37. The number of nitrogens with zero attached hydrogens (tertiary/aromatic N) is 1. The lowest BCUT2D eigenvalue weighted by molar-refractivity contribution is -0.172. The monoisotopic (exact) mass is 1070 g/mol. The summed E-state index contributed by atoms with van der Waals surface area (Å²) in [6.07, 6.45) is 26.6. The molecule has 0 bridgehead atoms. The number of ether oxygens (including phenoxy) is 7. The Morgan fingerprint density at radius 2 is 0.573 bits per heavy atom. The van der Waals surface area contributed by atoms with E-state index in [9.17, 15) is 33.6 Å². The molecular weight excluding hydrogens is 959 g/mol. The van der Waals surface area contributed by atoms with Gasteiger partial charge < -0.3 is 38.1 Å². The molecule has 0 atom stereocenters. The number of unbranched alkanes of at least 4 members (excludes halogenated alkanes) is 19. The Hall–Kier alpha value is -3.75. The SMILES string of the molecule is CCCCCCC(CCCCCC)OC(=O)CC(=O)OCC(COC(=O)CCCCN(C)C)(COC(=O)CC(=O)OC(CCCCCC)CCCCCC)COC(=O)CC(=O)OC(CCCCCC)CCCCCC. The van der Waals surface area contributed by atoms with Crippen LogP contribution in [-0.2, 0) is 66.7 Å². The van der Waals surface area contributed by atoms with Gasteiger partial charge in [-0.25, -0.2) is 0 Å². The van der Waals surface area contributed by atoms with Gasteiger partial charge in [-0.2, -0.15) is 0 Å². The molecule has 0 heterocycles. The van der Waals surface area contributed by atoms with Gasteiger partial charge in [0.2, 0.25) is 0 Å². The third-order valence-electron chi connectivity index (χ3n) is 13.4. The molecule has 0 spiro atoms. The Morgan fingerprint density at radius 3 is 0.813 bits per heavy atom. The van der Waals surface area contributed by atoms with Gasteiger partial charge in [-0.3, -0.25) is 33.6 Å². The summed E-state index contributed by atoms with van der Waals surface area (Å²) in [5.74, 6) is -5.68. The first-order chi connectivity index (χ1) is 36.2. The van der Waals surface area contributed by atoms with E-state index in [1.165, 1.54) is 0 Å². The lowest BCUT2D eigenvalue weighted by atomic mass is 9.92. The van der Waals surface area contributed by atoms with Gasteiger partial charge in [0.25, 0.3) is 0 Å². The van der Waals surface area contributed by atoms with Crippen molar-refractivity contribution in [3.8, 4) is 0 Å². The van der Waals surface area contributed by atoms with Crippen LogP contribution in [0.25, 0.3) is 0 Å². The van der Waals surface area contributed by atoms with Crippen LogP contribution in [0.15, 0.2) is 0 Å². The Bertz CT molecular complexity index is 1310. The number of rotatable bonds is 52. The zero-order valence-electron chi connectivity index (χ0n) is 48.9. The molecule has 0 aromatic heterocycles. The van der Waals surface area contributed by atoms with Crippen LogP contribution in [-0.4, -0.2) is 112 Å². The first-order valence-corrected chi connectivity index (χ1v) is 30.0. The lowest BCUT2D eigenvalue weighted by Gasteiger charge is -2.31. The van der Waals surface area contributed by atoms with E-state index in [4.69, 9.17) is 33.2 Å². The van der Waals surface area contributed by atoms with Crippen molar-refractivity contribution in [2.75, 3.05) is 47.1 Å². The summed E-state index contributed by atoms with van der Waals surface area (Å²) in [6, 6.07) is 0. The van der Waals surface area contributed by atoms with Crippen LogP contribution in [0.2, 0.25) is 0 Å². The molecule has 0 saturated carbocycles. The second-order valence-electron chi connectivity index (χ2n) is 21.4. The molecule has 0 aromatic carbocycles. The fourth-order valence-electron chi connectivity index (χ4n) is 8.72. The molecule has 15 heteroatoms. The standard InChI is InChI=1S/C60H109NO14/c1-9-15-21-27-35-50(36-28-22-16-10-2)73-57(66)43-54(63)70-47-60(46-69-53(62)41-33-34-42-61(7)8,48-71-55(64)44-58(67)74-51(37-29-23-17-11-3)38-30-24-18-12-4)49-72-56(65)45-59(68)75-52(39-31-25-19-13-5)40-32-26-20-14-6/h50-52H,9-49H2,1-8H3. The van der Waals surface area contributed by atoms with E-state index in [0.717, 1.165) is 167 Å². The van der Waals surface area contributed by atoms with Gasteiger partial charge in [0.1, 0.15) is 69.4 Å². The van der Waals surface area contributed by atoms with Crippen molar-refractivity contribution in [3.63, 3.8) is 0 Å². The van der Waals surface area contributed by atoms with Crippen LogP contribution in [0.1, 0.15) is 273 Å². The van der Waals surface area contributed by atoms with Crippen LogP contribution >= 0.6 is 0 Å². The summed E-state index contributed by atoms with van der Waals surface area (Å²) in [4.78, 5) is 95.5. The van der Waals surface area contributed by atoms with Crippen molar-refractivity contribution in [3.05, 3.63) is 0 Å². The maximum Gasteiger partial charge on any atom is 0.317 e. The second kappa shape index (κ2) is 48.6. The predicted octanol–water partition coefficient (Wildman–Crippen LogP) is 13.6. The van der Waals surface area contributed by atoms with E-state index in [-0.39, 0.29) is 24.7 Å². The van der Waals surface area contributed by atoms with Crippen LogP contribution in [0.3, 0.4) is 0 Å². The van der Waals surface area contributed by atoms with Crippen molar-refractivity contribution in [2.45, 2.75) is 291 Å². The molecule has 0 aliphatic rings. The van der Waals surface area contributed by atoms with Gasteiger partial charge in [0.15, 0.2) is 0 Å². The number of hydrogen-bond acceptors (Lipinski definition) is 15. The summed E-state index contributed by atoms with van der Waals surface area (Å²) >= 11 is 0. The Kier molecular flexibility index (Phi) is 46.2. The Balaban J connectivity index is 6.60. The van der Waals surface area contributed by atoms with Crippen LogP contribution in [0.4, 0.5) is 0 Å². The molecule has 438 valence electrons. The van der Waals surface area contributed by atoms with Crippen molar-refractivity contribution in [1.29, 1.82) is 0 Å². The molecule has 0 amide bonds. The molecule has 0 aliphatic heterocycles. The highest BCUT2D eigenvalue weighted by Crippen LogP contribution is 2.25. The van der Waals surface area contributed by atoms with E-state index in [1.54, 1.807) is 0 Å². The van der Waals surface area contributed by atoms with E-state index in [2.05, 4.69) is 41.5 Å². The third-order valence-corrected chi connectivity index (χ3v) is 13.4. The second-order valence-corrected chi connectivity index (χ2v) is 21.4. The molecule has 0 radical (unpaired) electrons. The molecule has 0 fully saturated rings. The van der Waals surface area contributed by atoms with E-state index in [1.807, 2.05) is 19.0 Å². The minimum Gasteiger partial charge on any atom is -0.465 e. The third kappa shape index (κ3) is 43.0. The van der Waals surface area contributed by atoms with E-state index < -0.39 is 92.9 Å². The molecule has 0 saturated heterocycles. The van der Waals surface area contributed by atoms with Crippen molar-refractivity contribution >= 4 is 41.8 Å². The zero-order chi connectivity index (χ0) is 55.8. The lowest BCUT2D eigenvalue weighted by Crippen LogP contribution is -2.44. The highest BCUT2D eigenvalue weighted by Gasteiger charge is 2.39. The highest BCUT2D eigenvalue weighted by atomic mass is 16.6. The number of esters is 7. The summed E-state index contributed by atoms with van der Waals surface area (Å²) in [6.45, 7) is 11.1.